The molecule has 7 heteroatoms. The molecule has 1 atom stereocenters. The maximum Gasteiger partial charge on any atom is 0.494 e. The van der Waals surface area contributed by atoms with Crippen molar-refractivity contribution in [3.05, 3.63) is 24.0 Å². The SMILES string of the molecule is COC(=O)C(N)Cc1cc(B2OC(C)(C)C(C)(C)O2)ccn1. The minimum Gasteiger partial charge on any atom is -0.468 e. The number of hydrogen-bond acceptors (Lipinski definition) is 6. The smallest absolute Gasteiger partial charge is 0.468 e. The molecule has 120 valence electrons. The van der Waals surface area contributed by atoms with Crippen molar-refractivity contribution in [2.45, 2.75) is 51.4 Å². The summed E-state index contributed by atoms with van der Waals surface area (Å²) in [7, 11) is 0.859. The van der Waals surface area contributed by atoms with Gasteiger partial charge in [0, 0.05) is 18.3 Å². The van der Waals surface area contributed by atoms with Gasteiger partial charge in [0.1, 0.15) is 6.04 Å². The second-order valence-electron chi connectivity index (χ2n) is 6.50. The van der Waals surface area contributed by atoms with Gasteiger partial charge < -0.3 is 19.8 Å². The predicted molar refractivity (Wildman–Crippen MR) is 83.6 cm³/mol. The van der Waals surface area contributed by atoms with Gasteiger partial charge in [-0.05, 0) is 45.3 Å². The van der Waals surface area contributed by atoms with Crippen LogP contribution in [-0.4, -0.2) is 42.4 Å². The Balaban J connectivity index is 2.15. The van der Waals surface area contributed by atoms with Gasteiger partial charge in [-0.3, -0.25) is 9.78 Å². The molecule has 2 heterocycles. The summed E-state index contributed by atoms with van der Waals surface area (Å²) in [6, 6.07) is 2.96. The molecule has 1 aromatic rings. The first-order valence-electron chi connectivity index (χ1n) is 7.30. The van der Waals surface area contributed by atoms with Crippen molar-refractivity contribution < 1.29 is 18.8 Å². The average Bonchev–Trinajstić information content (AvgIpc) is 2.67. The normalized spacial score (nSPS) is 20.7. The fourth-order valence-electron chi connectivity index (χ4n) is 2.19. The number of ether oxygens (including phenoxy) is 1. The lowest BCUT2D eigenvalue weighted by molar-refractivity contribution is -0.142. The molecule has 0 aromatic carbocycles. The van der Waals surface area contributed by atoms with E-state index in [1.165, 1.54) is 7.11 Å². The summed E-state index contributed by atoms with van der Waals surface area (Å²) in [5, 5.41) is 0. The molecule has 0 spiro atoms. The standard InChI is InChI=1S/C15H23BN2O4/c1-14(2)15(3,4)22-16(21-14)10-6-7-18-11(8-10)9-12(17)13(19)20-5/h6-8,12H,9,17H2,1-5H3. The second-order valence-corrected chi connectivity index (χ2v) is 6.50. The highest BCUT2D eigenvalue weighted by atomic mass is 16.7. The third kappa shape index (κ3) is 3.32. The molecule has 1 unspecified atom stereocenters. The summed E-state index contributed by atoms with van der Waals surface area (Å²) >= 11 is 0. The predicted octanol–water partition coefficient (Wildman–Crippen LogP) is 0.424. The van der Waals surface area contributed by atoms with Crippen LogP contribution in [0.25, 0.3) is 0 Å². The van der Waals surface area contributed by atoms with Crippen LogP contribution in [0.5, 0.6) is 0 Å². The number of esters is 1. The van der Waals surface area contributed by atoms with E-state index in [0.717, 1.165) is 5.46 Å². The van der Waals surface area contributed by atoms with E-state index in [0.29, 0.717) is 12.1 Å². The number of pyridine rings is 1. The largest absolute Gasteiger partial charge is 0.494 e. The van der Waals surface area contributed by atoms with Gasteiger partial charge in [-0.2, -0.15) is 0 Å². The van der Waals surface area contributed by atoms with E-state index in [-0.39, 0.29) is 0 Å². The second kappa shape index (κ2) is 5.99. The summed E-state index contributed by atoms with van der Waals surface area (Å²) in [4.78, 5) is 15.6. The van der Waals surface area contributed by atoms with Crippen molar-refractivity contribution in [3.8, 4) is 0 Å². The van der Waals surface area contributed by atoms with Crippen LogP contribution >= 0.6 is 0 Å². The Morgan fingerprint density at radius 2 is 1.95 bits per heavy atom. The lowest BCUT2D eigenvalue weighted by atomic mass is 9.79. The molecule has 2 rings (SSSR count). The Bertz CT molecular complexity index is 546. The molecule has 1 fully saturated rings. The maximum absolute atomic E-state index is 11.4. The van der Waals surface area contributed by atoms with Crippen molar-refractivity contribution in [1.29, 1.82) is 0 Å². The van der Waals surface area contributed by atoms with Crippen LogP contribution in [0.3, 0.4) is 0 Å². The maximum atomic E-state index is 11.4. The van der Waals surface area contributed by atoms with Gasteiger partial charge in [-0.1, -0.05) is 0 Å². The number of nitrogens with two attached hydrogens (primary N) is 1. The number of nitrogens with zero attached hydrogens (tertiary/aromatic N) is 1. The number of rotatable bonds is 4. The zero-order valence-corrected chi connectivity index (χ0v) is 13.8. The molecular weight excluding hydrogens is 283 g/mol. The Morgan fingerprint density at radius 1 is 1.36 bits per heavy atom. The zero-order chi connectivity index (χ0) is 16.5. The zero-order valence-electron chi connectivity index (χ0n) is 13.8. The third-order valence-electron chi connectivity index (χ3n) is 4.30. The number of methoxy groups -OCH3 is 1. The molecule has 0 saturated carbocycles. The molecule has 0 aliphatic carbocycles. The van der Waals surface area contributed by atoms with E-state index < -0.39 is 30.3 Å². The van der Waals surface area contributed by atoms with E-state index in [1.54, 1.807) is 6.20 Å². The number of carbonyl (C=O) groups excluding carboxylic acids is 1. The van der Waals surface area contributed by atoms with E-state index in [1.807, 2.05) is 39.8 Å². The fourth-order valence-corrected chi connectivity index (χ4v) is 2.19. The van der Waals surface area contributed by atoms with Crippen molar-refractivity contribution in [2.75, 3.05) is 7.11 Å². The first-order chi connectivity index (χ1) is 10.2. The van der Waals surface area contributed by atoms with Crippen LogP contribution in [0.1, 0.15) is 33.4 Å². The molecule has 1 aromatic heterocycles. The lowest BCUT2D eigenvalue weighted by Crippen LogP contribution is -2.41. The molecule has 1 aliphatic rings. The van der Waals surface area contributed by atoms with Gasteiger partial charge in [0.25, 0.3) is 0 Å². The van der Waals surface area contributed by atoms with E-state index in [4.69, 9.17) is 15.0 Å². The summed E-state index contributed by atoms with van der Waals surface area (Å²) in [5.41, 5.74) is 6.53. The van der Waals surface area contributed by atoms with Gasteiger partial charge in [0.15, 0.2) is 0 Å². The number of aromatic nitrogens is 1. The monoisotopic (exact) mass is 306 g/mol. The van der Waals surface area contributed by atoms with Crippen molar-refractivity contribution in [3.63, 3.8) is 0 Å². The van der Waals surface area contributed by atoms with Gasteiger partial charge in [-0.25, -0.2) is 0 Å². The van der Waals surface area contributed by atoms with Crippen molar-refractivity contribution in [2.24, 2.45) is 5.73 Å². The van der Waals surface area contributed by atoms with Gasteiger partial charge in [0.05, 0.1) is 18.3 Å². The fraction of sp³-hybridized carbons (Fsp3) is 0.600. The topological polar surface area (TPSA) is 83.7 Å². The van der Waals surface area contributed by atoms with Gasteiger partial charge in [-0.15, -0.1) is 0 Å². The van der Waals surface area contributed by atoms with E-state index in [2.05, 4.69) is 9.72 Å². The van der Waals surface area contributed by atoms with Crippen molar-refractivity contribution >= 4 is 18.6 Å². The highest BCUT2D eigenvalue weighted by Gasteiger charge is 2.51. The first-order valence-corrected chi connectivity index (χ1v) is 7.30. The molecule has 1 aliphatic heterocycles. The molecule has 1 saturated heterocycles. The first kappa shape index (κ1) is 16.9. The quantitative estimate of drug-likeness (QED) is 0.641. The van der Waals surface area contributed by atoms with Crippen LogP contribution in [-0.2, 0) is 25.3 Å². The molecule has 6 nitrogen and oxygen atoms in total. The average molecular weight is 306 g/mol. The summed E-state index contributed by atoms with van der Waals surface area (Å²) in [6.07, 6.45) is 1.97. The summed E-state index contributed by atoms with van der Waals surface area (Å²) in [6.45, 7) is 8.01. The van der Waals surface area contributed by atoms with Crippen molar-refractivity contribution in [1.82, 2.24) is 4.98 Å². The molecule has 2 N–H and O–H groups in total. The van der Waals surface area contributed by atoms with Gasteiger partial charge >= 0.3 is 13.1 Å². The highest BCUT2D eigenvalue weighted by Crippen LogP contribution is 2.36. The highest BCUT2D eigenvalue weighted by molar-refractivity contribution is 6.62. The van der Waals surface area contributed by atoms with Crippen LogP contribution < -0.4 is 11.2 Å². The minimum absolute atomic E-state index is 0.306. The summed E-state index contributed by atoms with van der Waals surface area (Å²) < 4.78 is 16.6. The number of hydrogen-bond donors (Lipinski definition) is 1. The van der Waals surface area contributed by atoms with Crippen LogP contribution in [0.4, 0.5) is 0 Å². The van der Waals surface area contributed by atoms with Crippen LogP contribution in [0.15, 0.2) is 18.3 Å². The molecule has 0 bridgehead atoms. The minimum atomic E-state index is -0.731. The lowest BCUT2D eigenvalue weighted by Gasteiger charge is -2.32. The Hall–Kier alpha value is -1.44. The molecule has 0 amide bonds. The molecule has 22 heavy (non-hydrogen) atoms. The third-order valence-corrected chi connectivity index (χ3v) is 4.30. The number of carbonyl (C=O) groups is 1. The Labute approximate surface area is 131 Å². The van der Waals surface area contributed by atoms with Crippen LogP contribution in [0.2, 0.25) is 0 Å². The molecule has 0 radical (unpaired) electrons. The Kier molecular flexibility index (Phi) is 4.61. The Morgan fingerprint density at radius 3 is 2.50 bits per heavy atom. The summed E-state index contributed by atoms with van der Waals surface area (Å²) in [5.74, 6) is -0.456. The van der Waals surface area contributed by atoms with E-state index in [9.17, 15) is 4.79 Å². The molecular formula is C15H23BN2O4. The van der Waals surface area contributed by atoms with Crippen LogP contribution in [0, 0.1) is 0 Å². The van der Waals surface area contributed by atoms with Gasteiger partial charge in [0.2, 0.25) is 0 Å². The van der Waals surface area contributed by atoms with E-state index >= 15 is 0 Å².